The molecule has 0 unspecified atom stereocenters. The lowest BCUT2D eigenvalue weighted by atomic mass is 10.4. The molecule has 12 heavy (non-hydrogen) atoms. The second kappa shape index (κ2) is 4.19. The molecule has 0 bridgehead atoms. The lowest BCUT2D eigenvalue weighted by molar-refractivity contribution is -0.976. The maximum Gasteiger partial charge on any atom is 0.310 e. The van der Waals surface area contributed by atoms with Gasteiger partial charge < -0.3 is 25.5 Å². The molecule has 0 aromatic rings. The summed E-state index contributed by atoms with van der Waals surface area (Å²) in [6.45, 7) is 1.35. The Balaban J connectivity index is 0. The van der Waals surface area contributed by atoms with Gasteiger partial charge in [0, 0.05) is 6.92 Å². The molecule has 0 rings (SSSR count). The van der Waals surface area contributed by atoms with Crippen LogP contribution in [-0.2, 0) is 0 Å². The van der Waals surface area contributed by atoms with Crippen LogP contribution in [0.3, 0.4) is 0 Å². The van der Waals surface area contributed by atoms with E-state index in [1.54, 1.807) is 21.1 Å². The number of hydrogen-bond acceptors (Lipinski definition) is 5. The van der Waals surface area contributed by atoms with Crippen molar-refractivity contribution in [2.75, 3.05) is 21.1 Å². The van der Waals surface area contributed by atoms with Crippen LogP contribution in [0.15, 0.2) is 0 Å². The molecule has 0 fully saturated rings. The van der Waals surface area contributed by atoms with Gasteiger partial charge in [-0.15, -0.1) is 0 Å². The largest absolute Gasteiger partial charge is 0.356 e. The van der Waals surface area contributed by atoms with Crippen molar-refractivity contribution in [3.05, 3.63) is 15.3 Å². The molecule has 0 aromatic heterocycles. The van der Waals surface area contributed by atoms with E-state index in [4.69, 9.17) is 25.5 Å². The monoisotopic (exact) mass is 182 g/mol. The highest BCUT2D eigenvalue weighted by molar-refractivity contribution is 4.32. The van der Waals surface area contributed by atoms with Gasteiger partial charge in [-0.3, -0.25) is 4.48 Å². The number of aliphatic hydroxyl groups is 2. The van der Waals surface area contributed by atoms with Gasteiger partial charge in [-0.05, 0) is 0 Å². The third-order valence-corrected chi connectivity index (χ3v) is 1.27. The molecular formula is C5H14N2O5. The highest BCUT2D eigenvalue weighted by atomic mass is 16.9. The number of quaternary nitrogens is 1. The molecule has 0 saturated heterocycles. The van der Waals surface area contributed by atoms with Crippen molar-refractivity contribution in [2.24, 2.45) is 0 Å². The van der Waals surface area contributed by atoms with Crippen LogP contribution in [0.2, 0.25) is 0 Å². The first-order chi connectivity index (χ1) is 4.98. The SMILES string of the molecule is CC(O)(O)[N+](C)(C)C.O=[N+]([O-])[O-]. The van der Waals surface area contributed by atoms with E-state index in [9.17, 15) is 0 Å². The molecule has 2 N–H and O–H groups in total. The van der Waals surface area contributed by atoms with Gasteiger partial charge in [-0.2, -0.15) is 0 Å². The normalized spacial score (nSPS) is 11.5. The number of rotatable bonds is 1. The van der Waals surface area contributed by atoms with Crippen LogP contribution in [0.25, 0.3) is 0 Å². The van der Waals surface area contributed by atoms with Gasteiger partial charge >= 0.3 is 5.91 Å². The van der Waals surface area contributed by atoms with E-state index in [1.165, 1.54) is 6.92 Å². The molecule has 0 aliphatic carbocycles. The summed E-state index contributed by atoms with van der Waals surface area (Å²) in [7, 11) is 5.12. The van der Waals surface area contributed by atoms with Gasteiger partial charge in [0.15, 0.2) is 0 Å². The van der Waals surface area contributed by atoms with Gasteiger partial charge in [0.1, 0.15) is 0 Å². The van der Waals surface area contributed by atoms with Crippen LogP contribution < -0.4 is 0 Å². The molecular weight excluding hydrogens is 168 g/mol. The van der Waals surface area contributed by atoms with Crippen molar-refractivity contribution in [3.8, 4) is 0 Å². The number of nitrogens with zero attached hydrogens (tertiary/aromatic N) is 2. The van der Waals surface area contributed by atoms with Crippen LogP contribution in [0.1, 0.15) is 6.92 Å². The summed E-state index contributed by atoms with van der Waals surface area (Å²) in [5, 5.41) is 32.5. The van der Waals surface area contributed by atoms with Crippen molar-refractivity contribution in [2.45, 2.75) is 12.8 Å². The van der Waals surface area contributed by atoms with Crippen molar-refractivity contribution in [3.63, 3.8) is 0 Å². The molecule has 0 radical (unpaired) electrons. The van der Waals surface area contributed by atoms with Gasteiger partial charge in [0.25, 0.3) is 0 Å². The summed E-state index contributed by atoms with van der Waals surface area (Å²) < 4.78 is 0.132. The van der Waals surface area contributed by atoms with Gasteiger partial charge in [-0.25, -0.2) is 0 Å². The second-order valence-electron chi connectivity index (χ2n) is 3.21. The summed E-state index contributed by atoms with van der Waals surface area (Å²) >= 11 is 0. The first-order valence-electron chi connectivity index (χ1n) is 3.06. The zero-order chi connectivity index (χ0) is 10.6. The Labute approximate surface area is 70.2 Å². The zero-order valence-corrected chi connectivity index (χ0v) is 7.51. The predicted molar refractivity (Wildman–Crippen MR) is 41.2 cm³/mol. The van der Waals surface area contributed by atoms with E-state index in [0.29, 0.717) is 0 Å². The van der Waals surface area contributed by atoms with Gasteiger partial charge in [0.2, 0.25) is 0 Å². The molecule has 0 saturated carbocycles. The third kappa shape index (κ3) is 9.08. The third-order valence-electron chi connectivity index (χ3n) is 1.27. The van der Waals surface area contributed by atoms with Gasteiger partial charge in [-0.1, -0.05) is 0 Å². The van der Waals surface area contributed by atoms with E-state index in [0.717, 1.165) is 0 Å². The van der Waals surface area contributed by atoms with Crippen molar-refractivity contribution >= 4 is 0 Å². The van der Waals surface area contributed by atoms with Crippen LogP contribution in [0.5, 0.6) is 0 Å². The minimum absolute atomic E-state index is 0.132. The molecule has 74 valence electrons. The Morgan fingerprint density at radius 3 is 1.33 bits per heavy atom. The van der Waals surface area contributed by atoms with E-state index >= 15 is 0 Å². The highest BCUT2D eigenvalue weighted by Gasteiger charge is 2.31. The standard InChI is InChI=1S/C5H14NO2.NO3/c1-5(7,8)6(2,3)4;2-1(3)4/h7-8H,1-4H3;/q+1;-1. The lowest BCUT2D eigenvalue weighted by Crippen LogP contribution is -2.54. The van der Waals surface area contributed by atoms with Crippen molar-refractivity contribution in [1.82, 2.24) is 0 Å². The molecule has 0 aromatic carbocycles. The molecule has 0 heterocycles. The van der Waals surface area contributed by atoms with Crippen molar-refractivity contribution < 1.29 is 19.8 Å². The molecule has 7 nitrogen and oxygen atoms in total. The van der Waals surface area contributed by atoms with Crippen LogP contribution in [-0.4, -0.2) is 46.8 Å². The smallest absolute Gasteiger partial charge is 0.310 e. The lowest BCUT2D eigenvalue weighted by Gasteiger charge is -2.33. The molecule has 0 atom stereocenters. The molecule has 7 heteroatoms. The minimum atomic E-state index is -1.75. The quantitative estimate of drug-likeness (QED) is 0.237. The molecule has 0 aliphatic heterocycles. The van der Waals surface area contributed by atoms with Crippen LogP contribution in [0.4, 0.5) is 0 Å². The Morgan fingerprint density at radius 2 is 1.33 bits per heavy atom. The minimum Gasteiger partial charge on any atom is -0.356 e. The Bertz CT molecular complexity index is 129. The zero-order valence-electron chi connectivity index (χ0n) is 7.51. The summed E-state index contributed by atoms with van der Waals surface area (Å²) in [6, 6.07) is 0. The topological polar surface area (TPSA) is 107 Å². The fourth-order valence-electron chi connectivity index (χ4n) is 0. The average molecular weight is 182 g/mol. The first-order valence-corrected chi connectivity index (χ1v) is 3.06. The maximum atomic E-state index is 8.88. The average Bonchev–Trinajstić information content (AvgIpc) is 1.55. The first kappa shape index (κ1) is 13.7. The summed E-state index contributed by atoms with van der Waals surface area (Å²) in [5.74, 6) is -1.63. The Kier molecular flexibility index (Phi) is 4.77. The summed E-state index contributed by atoms with van der Waals surface area (Å²) in [6.07, 6.45) is 0. The van der Waals surface area contributed by atoms with E-state index in [-0.39, 0.29) is 4.48 Å². The van der Waals surface area contributed by atoms with E-state index in [2.05, 4.69) is 0 Å². The fourth-order valence-corrected chi connectivity index (χ4v) is 0. The number of hydrogen-bond donors (Lipinski definition) is 2. The van der Waals surface area contributed by atoms with E-state index < -0.39 is 11.0 Å². The Morgan fingerprint density at radius 1 is 1.25 bits per heavy atom. The summed E-state index contributed by atoms with van der Waals surface area (Å²) in [5.41, 5.74) is 0. The highest BCUT2D eigenvalue weighted by Crippen LogP contribution is 2.08. The maximum absolute atomic E-state index is 8.88. The van der Waals surface area contributed by atoms with Gasteiger partial charge in [0.05, 0.1) is 26.2 Å². The summed E-state index contributed by atoms with van der Waals surface area (Å²) in [4.78, 5) is 8.25. The van der Waals surface area contributed by atoms with Crippen molar-refractivity contribution in [1.29, 1.82) is 0 Å². The molecule has 0 aliphatic rings. The fraction of sp³-hybridized carbons (Fsp3) is 1.00. The Hall–Kier alpha value is -0.920. The molecule has 0 amide bonds. The van der Waals surface area contributed by atoms with Crippen LogP contribution in [0, 0.1) is 15.3 Å². The van der Waals surface area contributed by atoms with Crippen LogP contribution >= 0.6 is 0 Å². The second-order valence-corrected chi connectivity index (χ2v) is 3.21. The molecule has 0 spiro atoms. The van der Waals surface area contributed by atoms with E-state index in [1.807, 2.05) is 0 Å². The predicted octanol–water partition coefficient (Wildman–Crippen LogP) is -0.888.